The summed E-state index contributed by atoms with van der Waals surface area (Å²) in [6.07, 6.45) is 0.801. The molecule has 8 nitrogen and oxygen atoms in total. The van der Waals surface area contributed by atoms with Gasteiger partial charge in [-0.3, -0.25) is 9.59 Å². The van der Waals surface area contributed by atoms with Crippen molar-refractivity contribution in [2.24, 2.45) is 0 Å². The average Bonchev–Trinajstić information content (AvgIpc) is 2.24. The maximum atomic E-state index is 11.1. The molecule has 20 heavy (non-hydrogen) atoms. The Hall–Kier alpha value is -1.68. The SMILES string of the molecule is C=CCS(=O)(=O)OC(=O)CCC(=O)OS(=O)(=O)CC=C. The summed E-state index contributed by atoms with van der Waals surface area (Å²) in [5.74, 6) is -3.50. The molecule has 0 atom stereocenters. The van der Waals surface area contributed by atoms with Crippen LogP contribution in [0.2, 0.25) is 0 Å². The van der Waals surface area contributed by atoms with Gasteiger partial charge in [0, 0.05) is 0 Å². The standard InChI is InChI=1S/C10H14O8S2/c1-3-7-19(13,14)17-9(11)5-6-10(12)18-20(15,16)8-4-2/h3-4H,1-2,5-8H2. The van der Waals surface area contributed by atoms with E-state index in [1.165, 1.54) is 0 Å². The van der Waals surface area contributed by atoms with Crippen molar-refractivity contribution in [1.82, 2.24) is 0 Å². The first-order chi connectivity index (χ1) is 9.12. The molecule has 0 aromatic rings. The zero-order valence-corrected chi connectivity index (χ0v) is 12.1. The van der Waals surface area contributed by atoms with Crippen LogP contribution in [-0.4, -0.2) is 40.3 Å². The van der Waals surface area contributed by atoms with Gasteiger partial charge in [0.2, 0.25) is 0 Å². The van der Waals surface area contributed by atoms with Crippen LogP contribution in [0.5, 0.6) is 0 Å². The lowest BCUT2D eigenvalue weighted by Crippen LogP contribution is -2.18. The Bertz CT molecular complexity index is 531. The first-order valence-corrected chi connectivity index (χ1v) is 8.39. The third-order valence-corrected chi connectivity index (χ3v) is 3.78. The van der Waals surface area contributed by atoms with Gasteiger partial charge in [-0.25, -0.2) is 0 Å². The van der Waals surface area contributed by atoms with Gasteiger partial charge in [-0.1, -0.05) is 12.2 Å². The first kappa shape index (κ1) is 18.3. The molecule has 0 unspecified atom stereocenters. The van der Waals surface area contributed by atoms with Gasteiger partial charge in [0.1, 0.15) is 11.5 Å². The molecular weight excluding hydrogens is 312 g/mol. The van der Waals surface area contributed by atoms with Crippen molar-refractivity contribution in [3.63, 3.8) is 0 Å². The molecule has 0 aliphatic rings. The van der Waals surface area contributed by atoms with Gasteiger partial charge in [0.15, 0.2) is 0 Å². The Morgan fingerprint density at radius 2 is 1.10 bits per heavy atom. The Labute approximate surface area is 117 Å². The van der Waals surface area contributed by atoms with Crippen molar-refractivity contribution in [3.8, 4) is 0 Å². The number of hydrogen-bond donors (Lipinski definition) is 0. The lowest BCUT2D eigenvalue weighted by atomic mass is 10.3. The van der Waals surface area contributed by atoms with Crippen LogP contribution in [0.1, 0.15) is 12.8 Å². The molecule has 0 aliphatic carbocycles. The molecule has 114 valence electrons. The Morgan fingerprint density at radius 3 is 1.35 bits per heavy atom. The highest BCUT2D eigenvalue weighted by atomic mass is 32.2. The zero-order chi connectivity index (χ0) is 15.8. The third kappa shape index (κ3) is 8.43. The Morgan fingerprint density at radius 1 is 0.800 bits per heavy atom. The number of carbonyl (C=O) groups is 2. The Kier molecular flexibility index (Phi) is 7.14. The van der Waals surface area contributed by atoms with Crippen molar-refractivity contribution in [1.29, 1.82) is 0 Å². The van der Waals surface area contributed by atoms with E-state index in [9.17, 15) is 26.4 Å². The molecule has 0 fully saturated rings. The molecule has 0 radical (unpaired) electrons. The summed E-state index contributed by atoms with van der Waals surface area (Å²) in [6, 6.07) is 0. The largest absolute Gasteiger partial charge is 0.345 e. The lowest BCUT2D eigenvalue weighted by Gasteiger charge is -2.04. The molecular formula is C10H14O8S2. The molecule has 0 saturated heterocycles. The number of rotatable bonds is 9. The summed E-state index contributed by atoms with van der Waals surface area (Å²) >= 11 is 0. The molecule has 0 N–H and O–H groups in total. The normalized spacial score (nSPS) is 11.4. The van der Waals surface area contributed by atoms with E-state index in [0.29, 0.717) is 0 Å². The molecule has 0 spiro atoms. The van der Waals surface area contributed by atoms with Crippen LogP contribution in [0.25, 0.3) is 0 Å². The monoisotopic (exact) mass is 326 g/mol. The molecule has 0 aromatic heterocycles. The molecule has 0 rings (SSSR count). The first-order valence-electron chi connectivity index (χ1n) is 5.23. The second-order valence-corrected chi connectivity index (χ2v) is 6.67. The number of carbonyl (C=O) groups excluding carboxylic acids is 2. The molecule has 10 heteroatoms. The minimum atomic E-state index is -4.07. The van der Waals surface area contributed by atoms with E-state index in [2.05, 4.69) is 21.5 Å². The van der Waals surface area contributed by atoms with Gasteiger partial charge < -0.3 is 8.37 Å². The Balaban J connectivity index is 4.30. The fourth-order valence-corrected chi connectivity index (χ4v) is 2.37. The van der Waals surface area contributed by atoms with E-state index in [-0.39, 0.29) is 0 Å². The molecule has 0 heterocycles. The predicted octanol–water partition coefficient (Wildman–Crippen LogP) is -0.115. The molecule has 0 amide bonds. The molecule has 0 aliphatic heterocycles. The van der Waals surface area contributed by atoms with Gasteiger partial charge in [0.25, 0.3) is 0 Å². The quantitative estimate of drug-likeness (QED) is 0.425. The van der Waals surface area contributed by atoms with Crippen molar-refractivity contribution in [2.75, 3.05) is 11.5 Å². The van der Waals surface area contributed by atoms with Gasteiger partial charge >= 0.3 is 32.2 Å². The summed E-state index contributed by atoms with van der Waals surface area (Å²) < 4.78 is 52.4. The van der Waals surface area contributed by atoms with E-state index in [1.54, 1.807) is 0 Å². The highest BCUT2D eigenvalue weighted by Crippen LogP contribution is 2.04. The van der Waals surface area contributed by atoms with Crippen molar-refractivity contribution >= 4 is 32.2 Å². The van der Waals surface area contributed by atoms with Gasteiger partial charge in [-0.2, -0.15) is 16.8 Å². The zero-order valence-electron chi connectivity index (χ0n) is 10.5. The van der Waals surface area contributed by atoms with Gasteiger partial charge in [-0.15, -0.1) is 13.2 Å². The van der Waals surface area contributed by atoms with Crippen LogP contribution in [0.15, 0.2) is 25.3 Å². The summed E-state index contributed by atoms with van der Waals surface area (Å²) in [6.45, 7) is 6.33. The fraction of sp³-hybridized carbons (Fsp3) is 0.400. The maximum absolute atomic E-state index is 11.1. The van der Waals surface area contributed by atoms with Crippen LogP contribution in [0.4, 0.5) is 0 Å². The lowest BCUT2D eigenvalue weighted by molar-refractivity contribution is -0.140. The van der Waals surface area contributed by atoms with Crippen molar-refractivity contribution in [2.45, 2.75) is 12.8 Å². The van der Waals surface area contributed by atoms with Crippen LogP contribution in [0, 0.1) is 0 Å². The highest BCUT2D eigenvalue weighted by Gasteiger charge is 2.19. The van der Waals surface area contributed by atoms with Crippen LogP contribution in [-0.2, 0) is 38.2 Å². The van der Waals surface area contributed by atoms with Crippen LogP contribution >= 0.6 is 0 Å². The van der Waals surface area contributed by atoms with Crippen LogP contribution < -0.4 is 0 Å². The second kappa shape index (κ2) is 7.80. The molecule has 0 bridgehead atoms. The predicted molar refractivity (Wildman–Crippen MR) is 69.4 cm³/mol. The smallest absolute Gasteiger partial charge is 0.322 e. The second-order valence-electron chi connectivity index (χ2n) is 3.44. The summed E-state index contributed by atoms with van der Waals surface area (Å²) in [5.41, 5.74) is 0. The maximum Gasteiger partial charge on any atom is 0.322 e. The third-order valence-electron chi connectivity index (χ3n) is 1.62. The van der Waals surface area contributed by atoms with Crippen LogP contribution in [0.3, 0.4) is 0 Å². The summed E-state index contributed by atoms with van der Waals surface area (Å²) in [5, 5.41) is 0. The molecule has 0 aromatic carbocycles. The van der Waals surface area contributed by atoms with Gasteiger partial charge in [-0.05, 0) is 0 Å². The fourth-order valence-electron chi connectivity index (χ4n) is 0.927. The molecule has 0 saturated carbocycles. The minimum Gasteiger partial charge on any atom is -0.345 e. The van der Waals surface area contributed by atoms with E-state index in [0.717, 1.165) is 12.2 Å². The minimum absolute atomic E-state index is 0.559. The topological polar surface area (TPSA) is 121 Å². The van der Waals surface area contributed by atoms with E-state index in [4.69, 9.17) is 0 Å². The number of hydrogen-bond acceptors (Lipinski definition) is 8. The summed E-state index contributed by atoms with van der Waals surface area (Å²) in [7, 11) is -8.15. The van der Waals surface area contributed by atoms with E-state index in [1.807, 2.05) is 0 Å². The average molecular weight is 326 g/mol. The van der Waals surface area contributed by atoms with E-state index >= 15 is 0 Å². The van der Waals surface area contributed by atoms with Crippen molar-refractivity contribution < 1.29 is 34.8 Å². The van der Waals surface area contributed by atoms with E-state index < -0.39 is 56.5 Å². The van der Waals surface area contributed by atoms with Gasteiger partial charge in [0.05, 0.1) is 12.8 Å². The highest BCUT2D eigenvalue weighted by molar-refractivity contribution is 7.87. The van der Waals surface area contributed by atoms with Crippen molar-refractivity contribution in [3.05, 3.63) is 25.3 Å². The summed E-state index contributed by atoms with van der Waals surface area (Å²) in [4.78, 5) is 22.2.